The SMILES string of the molecule is COC(=O)C1(C(C)=O)C=C(C)C(C)C1. The van der Waals surface area contributed by atoms with E-state index in [1.54, 1.807) is 6.08 Å². The topological polar surface area (TPSA) is 43.4 Å². The fraction of sp³-hybridized carbons (Fsp3) is 0.636. The molecule has 0 spiro atoms. The molecule has 0 amide bonds. The van der Waals surface area contributed by atoms with Crippen molar-refractivity contribution in [2.75, 3.05) is 7.11 Å². The van der Waals surface area contributed by atoms with Crippen molar-refractivity contribution in [2.24, 2.45) is 11.3 Å². The van der Waals surface area contributed by atoms with E-state index in [0.717, 1.165) is 5.57 Å². The summed E-state index contributed by atoms with van der Waals surface area (Å²) in [6.45, 7) is 5.40. The van der Waals surface area contributed by atoms with Crippen molar-refractivity contribution in [1.29, 1.82) is 0 Å². The molecule has 0 N–H and O–H groups in total. The molecule has 0 fully saturated rings. The number of ketones is 1. The Labute approximate surface area is 84.1 Å². The van der Waals surface area contributed by atoms with E-state index in [1.807, 2.05) is 13.8 Å². The Bertz CT molecular complexity index is 304. The van der Waals surface area contributed by atoms with Gasteiger partial charge in [0.25, 0.3) is 0 Å². The van der Waals surface area contributed by atoms with Gasteiger partial charge in [-0.25, -0.2) is 0 Å². The van der Waals surface area contributed by atoms with Crippen LogP contribution in [0.15, 0.2) is 11.6 Å². The van der Waals surface area contributed by atoms with E-state index in [4.69, 9.17) is 4.74 Å². The summed E-state index contributed by atoms with van der Waals surface area (Å²) in [5, 5.41) is 0. The lowest BCUT2D eigenvalue weighted by Gasteiger charge is -2.21. The van der Waals surface area contributed by atoms with Crippen LogP contribution in [0.2, 0.25) is 0 Å². The molecule has 0 aromatic carbocycles. The van der Waals surface area contributed by atoms with Crippen LogP contribution in [0.1, 0.15) is 27.2 Å². The average molecular weight is 196 g/mol. The molecule has 3 heteroatoms. The summed E-state index contributed by atoms with van der Waals surface area (Å²) in [6.07, 6.45) is 2.30. The number of Topliss-reactive ketones (excluding diaryl/α,β-unsaturated/α-hetero) is 1. The first-order valence-corrected chi connectivity index (χ1v) is 4.73. The maximum atomic E-state index is 11.6. The van der Waals surface area contributed by atoms with Crippen molar-refractivity contribution >= 4 is 11.8 Å². The van der Waals surface area contributed by atoms with Crippen LogP contribution in [0.25, 0.3) is 0 Å². The molecule has 1 aliphatic carbocycles. The van der Waals surface area contributed by atoms with Gasteiger partial charge in [0.15, 0.2) is 5.78 Å². The highest BCUT2D eigenvalue weighted by Gasteiger charge is 2.47. The monoisotopic (exact) mass is 196 g/mol. The second-order valence-corrected chi connectivity index (χ2v) is 4.01. The van der Waals surface area contributed by atoms with Gasteiger partial charge in [-0.2, -0.15) is 0 Å². The Kier molecular flexibility index (Phi) is 2.79. The van der Waals surface area contributed by atoms with E-state index in [-0.39, 0.29) is 11.7 Å². The van der Waals surface area contributed by atoms with Gasteiger partial charge in [0.2, 0.25) is 0 Å². The van der Waals surface area contributed by atoms with Crippen molar-refractivity contribution < 1.29 is 14.3 Å². The predicted molar refractivity (Wildman–Crippen MR) is 52.7 cm³/mol. The predicted octanol–water partition coefficient (Wildman–Crippen LogP) is 1.72. The standard InChI is InChI=1S/C11H16O3/c1-7-5-11(9(3)12,6-8(7)2)10(13)14-4/h5,8H,6H2,1-4H3. The zero-order chi connectivity index (χ0) is 10.9. The van der Waals surface area contributed by atoms with E-state index >= 15 is 0 Å². The van der Waals surface area contributed by atoms with Gasteiger partial charge in [-0.15, -0.1) is 0 Å². The maximum Gasteiger partial charge on any atom is 0.323 e. The van der Waals surface area contributed by atoms with E-state index in [2.05, 4.69) is 0 Å². The first kappa shape index (κ1) is 11.0. The number of hydrogen-bond acceptors (Lipinski definition) is 3. The molecule has 1 aliphatic rings. The third kappa shape index (κ3) is 1.47. The molecule has 0 heterocycles. The molecule has 1 rings (SSSR count). The Hall–Kier alpha value is -1.12. The van der Waals surface area contributed by atoms with Crippen LogP contribution in [-0.4, -0.2) is 18.9 Å². The van der Waals surface area contributed by atoms with E-state index in [1.165, 1.54) is 14.0 Å². The molecule has 78 valence electrons. The van der Waals surface area contributed by atoms with E-state index in [0.29, 0.717) is 6.42 Å². The molecule has 0 aromatic rings. The number of carbonyl (C=O) groups is 2. The number of hydrogen-bond donors (Lipinski definition) is 0. The molecular formula is C11H16O3. The van der Waals surface area contributed by atoms with Gasteiger partial charge >= 0.3 is 5.97 Å². The van der Waals surface area contributed by atoms with Gasteiger partial charge in [-0.05, 0) is 26.2 Å². The fourth-order valence-corrected chi connectivity index (χ4v) is 1.95. The molecule has 2 atom stereocenters. The molecule has 0 saturated carbocycles. The number of carbonyl (C=O) groups excluding carboxylic acids is 2. The van der Waals surface area contributed by atoms with Crippen molar-refractivity contribution in [3.63, 3.8) is 0 Å². The van der Waals surface area contributed by atoms with Gasteiger partial charge in [-0.3, -0.25) is 9.59 Å². The van der Waals surface area contributed by atoms with Crippen LogP contribution in [0.3, 0.4) is 0 Å². The molecule has 14 heavy (non-hydrogen) atoms. The van der Waals surface area contributed by atoms with Gasteiger partial charge in [0.1, 0.15) is 5.41 Å². The smallest absolute Gasteiger partial charge is 0.323 e. The summed E-state index contributed by atoms with van der Waals surface area (Å²) in [4.78, 5) is 23.1. The summed E-state index contributed by atoms with van der Waals surface area (Å²) in [7, 11) is 1.32. The highest BCUT2D eigenvalue weighted by atomic mass is 16.5. The Balaban J connectivity index is 3.10. The first-order valence-electron chi connectivity index (χ1n) is 4.73. The molecule has 2 unspecified atom stereocenters. The Morgan fingerprint density at radius 1 is 1.57 bits per heavy atom. The number of esters is 1. The van der Waals surface area contributed by atoms with Crippen LogP contribution in [-0.2, 0) is 14.3 Å². The quantitative estimate of drug-likeness (QED) is 0.383. The van der Waals surface area contributed by atoms with Crippen molar-refractivity contribution in [3.8, 4) is 0 Å². The van der Waals surface area contributed by atoms with Gasteiger partial charge in [0.05, 0.1) is 7.11 Å². The average Bonchev–Trinajstić information content (AvgIpc) is 2.43. The van der Waals surface area contributed by atoms with Crippen molar-refractivity contribution in [2.45, 2.75) is 27.2 Å². The highest BCUT2D eigenvalue weighted by molar-refractivity contribution is 6.05. The van der Waals surface area contributed by atoms with E-state index < -0.39 is 11.4 Å². The highest BCUT2D eigenvalue weighted by Crippen LogP contribution is 2.41. The molecule has 0 bridgehead atoms. The zero-order valence-electron chi connectivity index (χ0n) is 9.09. The lowest BCUT2D eigenvalue weighted by atomic mass is 9.82. The summed E-state index contributed by atoms with van der Waals surface area (Å²) >= 11 is 0. The summed E-state index contributed by atoms with van der Waals surface area (Å²) in [6, 6.07) is 0. The fourth-order valence-electron chi connectivity index (χ4n) is 1.95. The molecule has 0 aliphatic heterocycles. The van der Waals surface area contributed by atoms with Gasteiger partial charge in [-0.1, -0.05) is 18.6 Å². The lowest BCUT2D eigenvalue weighted by Crippen LogP contribution is -2.36. The van der Waals surface area contributed by atoms with Crippen LogP contribution in [0.5, 0.6) is 0 Å². The normalized spacial score (nSPS) is 31.1. The largest absolute Gasteiger partial charge is 0.468 e. The van der Waals surface area contributed by atoms with Crippen molar-refractivity contribution in [1.82, 2.24) is 0 Å². The molecule has 0 radical (unpaired) electrons. The second kappa shape index (κ2) is 3.56. The number of methoxy groups -OCH3 is 1. The van der Waals surface area contributed by atoms with Crippen LogP contribution >= 0.6 is 0 Å². The third-order valence-corrected chi connectivity index (χ3v) is 3.06. The summed E-state index contributed by atoms with van der Waals surface area (Å²) < 4.78 is 4.69. The molecule has 3 nitrogen and oxygen atoms in total. The van der Waals surface area contributed by atoms with Gasteiger partial charge < -0.3 is 4.74 Å². The number of ether oxygens (including phenoxy) is 1. The van der Waals surface area contributed by atoms with Crippen LogP contribution in [0, 0.1) is 11.3 Å². The minimum atomic E-state index is -1.02. The number of allylic oxidation sites excluding steroid dienone is 1. The first-order chi connectivity index (χ1) is 6.44. The minimum Gasteiger partial charge on any atom is -0.468 e. The zero-order valence-corrected chi connectivity index (χ0v) is 9.09. The molecule has 0 saturated heterocycles. The van der Waals surface area contributed by atoms with Crippen LogP contribution in [0.4, 0.5) is 0 Å². The maximum absolute atomic E-state index is 11.6. The lowest BCUT2D eigenvalue weighted by molar-refractivity contribution is -0.154. The summed E-state index contributed by atoms with van der Waals surface area (Å²) in [5.74, 6) is -0.292. The Morgan fingerprint density at radius 3 is 2.43 bits per heavy atom. The summed E-state index contributed by atoms with van der Waals surface area (Å²) in [5.41, 5.74) is 0.0729. The van der Waals surface area contributed by atoms with E-state index in [9.17, 15) is 9.59 Å². The van der Waals surface area contributed by atoms with Crippen molar-refractivity contribution in [3.05, 3.63) is 11.6 Å². The second-order valence-electron chi connectivity index (χ2n) is 4.01. The van der Waals surface area contributed by atoms with Crippen LogP contribution < -0.4 is 0 Å². The minimum absolute atomic E-state index is 0.131. The molecule has 0 aromatic heterocycles. The van der Waals surface area contributed by atoms with Gasteiger partial charge in [0, 0.05) is 0 Å². The number of rotatable bonds is 2. The molecular weight excluding hydrogens is 180 g/mol. The Morgan fingerprint density at radius 2 is 2.14 bits per heavy atom. The third-order valence-electron chi connectivity index (χ3n) is 3.06.